The van der Waals surface area contributed by atoms with Crippen LogP contribution in [0, 0.1) is 13.8 Å². The van der Waals surface area contributed by atoms with Gasteiger partial charge in [0.05, 0.1) is 12.8 Å². The molecule has 0 spiro atoms. The minimum Gasteiger partial charge on any atom is -0.467 e. The molecule has 0 unspecified atom stereocenters. The number of aromatic nitrogens is 2. The molecular weight excluding hydrogens is 314 g/mol. The summed E-state index contributed by atoms with van der Waals surface area (Å²) in [6, 6.07) is 17.5. The van der Waals surface area contributed by atoms with Gasteiger partial charge in [0.25, 0.3) is 0 Å². The maximum Gasteiger partial charge on any atom is 0.343 e. The van der Waals surface area contributed by atoms with Crippen LogP contribution >= 0.6 is 0 Å². The summed E-state index contributed by atoms with van der Waals surface area (Å²) in [6.07, 6.45) is 0. The number of nitrogens with one attached hydrogen (secondary N) is 1. The Morgan fingerprint density at radius 3 is 2.48 bits per heavy atom. The number of rotatable bonds is 2. The summed E-state index contributed by atoms with van der Waals surface area (Å²) in [5.74, 6) is 0.446. The summed E-state index contributed by atoms with van der Waals surface area (Å²) in [4.78, 5) is 13.2. The van der Waals surface area contributed by atoms with Crippen LogP contribution in [0.15, 0.2) is 54.6 Å². The van der Waals surface area contributed by atoms with Crippen LogP contribution in [0.2, 0.25) is 0 Å². The van der Waals surface area contributed by atoms with E-state index in [-0.39, 0.29) is 5.97 Å². The average Bonchev–Trinajstić information content (AvgIpc) is 2.94. The highest BCUT2D eigenvalue weighted by molar-refractivity contribution is 5.92. The molecule has 1 atom stereocenters. The van der Waals surface area contributed by atoms with E-state index in [0.29, 0.717) is 0 Å². The molecule has 1 N–H and O–H groups in total. The molecule has 0 bridgehead atoms. The second-order valence-corrected chi connectivity index (χ2v) is 6.21. The van der Waals surface area contributed by atoms with Crippen molar-refractivity contribution in [3.63, 3.8) is 0 Å². The molecule has 4 rings (SSSR count). The lowest BCUT2D eigenvalue weighted by Gasteiger charge is -2.38. The van der Waals surface area contributed by atoms with Gasteiger partial charge in [-0.1, -0.05) is 48.5 Å². The van der Waals surface area contributed by atoms with Crippen molar-refractivity contribution in [2.75, 3.05) is 12.4 Å². The highest BCUT2D eigenvalue weighted by Gasteiger charge is 2.51. The molecule has 25 heavy (non-hydrogen) atoms. The van der Waals surface area contributed by atoms with E-state index in [0.717, 1.165) is 33.9 Å². The summed E-state index contributed by atoms with van der Waals surface area (Å²) in [6.45, 7) is 3.95. The number of anilines is 2. The molecule has 5 nitrogen and oxygen atoms in total. The fourth-order valence-corrected chi connectivity index (χ4v) is 3.56. The molecule has 5 heteroatoms. The molecule has 0 saturated carbocycles. The van der Waals surface area contributed by atoms with Crippen molar-refractivity contribution < 1.29 is 9.53 Å². The maximum absolute atomic E-state index is 13.2. The standard InChI is InChI=1S/C20H19N3O2/c1-13-14(2)22-23-18(13)21-17-12-8-7-11-16(17)20(23,19(24)25-3)15-9-5-4-6-10-15/h4-12,21H,1-3H3/t20-/m1/s1. The summed E-state index contributed by atoms with van der Waals surface area (Å²) in [5.41, 5.74) is 3.25. The number of carbonyl (C=O) groups excluding carboxylic acids is 1. The van der Waals surface area contributed by atoms with Crippen molar-refractivity contribution >= 4 is 17.5 Å². The third-order valence-electron chi connectivity index (χ3n) is 4.92. The highest BCUT2D eigenvalue weighted by atomic mass is 16.5. The molecule has 2 aromatic carbocycles. The van der Waals surface area contributed by atoms with Crippen LogP contribution in [0.25, 0.3) is 0 Å². The van der Waals surface area contributed by atoms with Crippen molar-refractivity contribution in [1.29, 1.82) is 0 Å². The van der Waals surface area contributed by atoms with E-state index in [9.17, 15) is 4.79 Å². The zero-order chi connectivity index (χ0) is 17.6. The van der Waals surface area contributed by atoms with Gasteiger partial charge in [0.1, 0.15) is 5.82 Å². The first kappa shape index (κ1) is 15.4. The second kappa shape index (κ2) is 5.48. The fourth-order valence-electron chi connectivity index (χ4n) is 3.56. The van der Waals surface area contributed by atoms with E-state index in [2.05, 4.69) is 5.32 Å². The van der Waals surface area contributed by atoms with Crippen molar-refractivity contribution in [3.05, 3.63) is 77.0 Å². The minimum atomic E-state index is -1.16. The molecule has 1 aliphatic rings. The Hall–Kier alpha value is -3.08. The largest absolute Gasteiger partial charge is 0.467 e. The van der Waals surface area contributed by atoms with Gasteiger partial charge in [0.2, 0.25) is 5.54 Å². The van der Waals surface area contributed by atoms with Gasteiger partial charge in [-0.2, -0.15) is 5.10 Å². The minimum absolute atomic E-state index is 0.364. The number of aryl methyl sites for hydroxylation is 1. The van der Waals surface area contributed by atoms with Crippen LogP contribution < -0.4 is 5.32 Å². The summed E-state index contributed by atoms with van der Waals surface area (Å²) in [7, 11) is 1.42. The molecule has 0 amide bonds. The Morgan fingerprint density at radius 2 is 1.76 bits per heavy atom. The first-order chi connectivity index (χ1) is 12.1. The topological polar surface area (TPSA) is 56.1 Å². The molecule has 0 aliphatic carbocycles. The monoisotopic (exact) mass is 333 g/mol. The smallest absolute Gasteiger partial charge is 0.343 e. The fraction of sp³-hybridized carbons (Fsp3) is 0.200. The number of hydrogen-bond acceptors (Lipinski definition) is 4. The third-order valence-corrected chi connectivity index (χ3v) is 4.92. The molecular formula is C20H19N3O2. The molecule has 1 aliphatic heterocycles. The van der Waals surface area contributed by atoms with Crippen LogP contribution in [-0.2, 0) is 15.1 Å². The van der Waals surface area contributed by atoms with Crippen molar-refractivity contribution in [2.45, 2.75) is 19.4 Å². The Kier molecular flexibility index (Phi) is 3.39. The molecule has 0 fully saturated rings. The normalized spacial score (nSPS) is 18.0. The number of esters is 1. The molecule has 126 valence electrons. The molecule has 0 radical (unpaired) electrons. The number of methoxy groups -OCH3 is 1. The van der Waals surface area contributed by atoms with E-state index < -0.39 is 5.54 Å². The maximum atomic E-state index is 13.2. The Labute approximate surface area is 146 Å². The van der Waals surface area contributed by atoms with Gasteiger partial charge in [0.15, 0.2) is 0 Å². The van der Waals surface area contributed by atoms with Gasteiger partial charge in [-0.15, -0.1) is 0 Å². The van der Waals surface area contributed by atoms with Crippen LogP contribution in [0.5, 0.6) is 0 Å². The quantitative estimate of drug-likeness (QED) is 0.729. The lowest BCUT2D eigenvalue weighted by atomic mass is 9.80. The van der Waals surface area contributed by atoms with Crippen LogP contribution in [0.1, 0.15) is 22.4 Å². The lowest BCUT2D eigenvalue weighted by Crippen LogP contribution is -2.48. The van der Waals surface area contributed by atoms with Gasteiger partial charge < -0.3 is 10.1 Å². The van der Waals surface area contributed by atoms with Gasteiger partial charge in [-0.3, -0.25) is 0 Å². The number of hydrogen-bond donors (Lipinski definition) is 1. The van der Waals surface area contributed by atoms with E-state index in [1.165, 1.54) is 7.11 Å². The van der Waals surface area contributed by atoms with Gasteiger partial charge in [-0.25, -0.2) is 9.48 Å². The Morgan fingerprint density at radius 1 is 1.08 bits per heavy atom. The molecule has 2 heterocycles. The summed E-state index contributed by atoms with van der Waals surface area (Å²) < 4.78 is 7.05. The molecule has 3 aromatic rings. The number of nitrogens with zero attached hydrogens (tertiary/aromatic N) is 2. The van der Waals surface area contributed by atoms with E-state index in [1.807, 2.05) is 68.4 Å². The second-order valence-electron chi connectivity index (χ2n) is 6.21. The lowest BCUT2D eigenvalue weighted by molar-refractivity contribution is -0.147. The van der Waals surface area contributed by atoms with E-state index in [1.54, 1.807) is 4.68 Å². The zero-order valence-electron chi connectivity index (χ0n) is 14.4. The van der Waals surface area contributed by atoms with Crippen molar-refractivity contribution in [1.82, 2.24) is 9.78 Å². The summed E-state index contributed by atoms with van der Waals surface area (Å²) in [5, 5.41) is 8.13. The summed E-state index contributed by atoms with van der Waals surface area (Å²) >= 11 is 0. The van der Waals surface area contributed by atoms with Gasteiger partial charge in [-0.05, 0) is 25.5 Å². The number of benzene rings is 2. The average molecular weight is 333 g/mol. The van der Waals surface area contributed by atoms with Gasteiger partial charge in [0, 0.05) is 16.8 Å². The van der Waals surface area contributed by atoms with E-state index >= 15 is 0 Å². The predicted molar refractivity (Wildman–Crippen MR) is 96.1 cm³/mol. The van der Waals surface area contributed by atoms with Crippen molar-refractivity contribution in [3.8, 4) is 0 Å². The van der Waals surface area contributed by atoms with Crippen LogP contribution in [-0.4, -0.2) is 22.9 Å². The molecule has 0 saturated heterocycles. The third kappa shape index (κ3) is 1.95. The first-order valence-corrected chi connectivity index (χ1v) is 8.18. The number of fused-ring (bicyclic) bond motifs is 2. The molecule has 1 aromatic heterocycles. The van der Waals surface area contributed by atoms with Gasteiger partial charge >= 0.3 is 5.97 Å². The first-order valence-electron chi connectivity index (χ1n) is 8.18. The number of para-hydroxylation sites is 1. The van der Waals surface area contributed by atoms with Crippen LogP contribution in [0.3, 0.4) is 0 Å². The van der Waals surface area contributed by atoms with E-state index in [4.69, 9.17) is 9.84 Å². The SMILES string of the molecule is COC(=O)[C@@]1(c2ccccc2)c2ccccc2Nc2c(C)c(C)nn21. The number of carbonyl (C=O) groups is 1. The Bertz CT molecular complexity index is 962. The van der Waals surface area contributed by atoms with Crippen LogP contribution in [0.4, 0.5) is 11.5 Å². The van der Waals surface area contributed by atoms with Crippen molar-refractivity contribution in [2.24, 2.45) is 0 Å². The Balaban J connectivity index is 2.17. The highest BCUT2D eigenvalue weighted by Crippen LogP contribution is 2.46. The number of ether oxygens (including phenoxy) is 1. The zero-order valence-corrected chi connectivity index (χ0v) is 14.4. The predicted octanol–water partition coefficient (Wildman–Crippen LogP) is 3.52.